The van der Waals surface area contributed by atoms with Crippen molar-refractivity contribution in [1.29, 1.82) is 0 Å². The zero-order valence-electron chi connectivity index (χ0n) is 11.2. The number of benzene rings is 1. The topological polar surface area (TPSA) is 48.5 Å². The van der Waals surface area contributed by atoms with Crippen LogP contribution in [-0.2, 0) is 6.54 Å². The maximum Gasteiger partial charge on any atom is 0.350 e. The van der Waals surface area contributed by atoms with E-state index in [0.717, 1.165) is 22.2 Å². The SMILES string of the molecule is CCn1nc2c(C)cc3cc(OC)ccc3n2c1=O. The number of hydrogen-bond acceptors (Lipinski definition) is 3. The van der Waals surface area contributed by atoms with Crippen LogP contribution in [0.15, 0.2) is 29.1 Å². The number of pyridine rings is 1. The molecule has 5 nitrogen and oxygen atoms in total. The average molecular weight is 257 g/mol. The van der Waals surface area contributed by atoms with Crippen LogP contribution in [0, 0.1) is 6.92 Å². The van der Waals surface area contributed by atoms with Crippen LogP contribution in [-0.4, -0.2) is 21.3 Å². The van der Waals surface area contributed by atoms with E-state index in [2.05, 4.69) is 5.10 Å². The Morgan fingerprint density at radius 1 is 1.32 bits per heavy atom. The highest BCUT2D eigenvalue weighted by molar-refractivity contribution is 5.84. The molecule has 3 rings (SSSR count). The first kappa shape index (κ1) is 11.8. The number of aromatic nitrogens is 3. The fourth-order valence-corrected chi connectivity index (χ4v) is 2.36. The summed E-state index contributed by atoms with van der Waals surface area (Å²) in [6.07, 6.45) is 0. The number of aryl methyl sites for hydroxylation is 2. The number of methoxy groups -OCH3 is 1. The molecule has 0 aliphatic carbocycles. The van der Waals surface area contributed by atoms with Crippen LogP contribution in [0.5, 0.6) is 5.75 Å². The first-order valence-corrected chi connectivity index (χ1v) is 6.22. The number of fused-ring (bicyclic) bond motifs is 3. The third-order valence-electron chi connectivity index (χ3n) is 3.34. The van der Waals surface area contributed by atoms with Crippen LogP contribution in [0.25, 0.3) is 16.6 Å². The Balaban J connectivity index is 2.51. The molecule has 1 aromatic carbocycles. The van der Waals surface area contributed by atoms with Crippen molar-refractivity contribution >= 4 is 16.6 Å². The van der Waals surface area contributed by atoms with Crippen molar-refractivity contribution < 1.29 is 4.74 Å². The molecule has 0 saturated carbocycles. The number of ether oxygens (including phenoxy) is 1. The Bertz CT molecular complexity index is 830. The van der Waals surface area contributed by atoms with Crippen molar-refractivity contribution in [2.45, 2.75) is 20.4 Å². The van der Waals surface area contributed by atoms with Gasteiger partial charge in [0, 0.05) is 11.9 Å². The van der Waals surface area contributed by atoms with E-state index in [9.17, 15) is 4.79 Å². The minimum absolute atomic E-state index is 0.101. The second kappa shape index (κ2) is 4.12. The fourth-order valence-electron chi connectivity index (χ4n) is 2.36. The molecule has 0 bridgehead atoms. The maximum atomic E-state index is 12.3. The number of hydrogen-bond donors (Lipinski definition) is 0. The van der Waals surface area contributed by atoms with Gasteiger partial charge in [-0.3, -0.25) is 0 Å². The molecular formula is C14H15N3O2. The molecule has 3 aromatic rings. The molecule has 0 atom stereocenters. The lowest BCUT2D eigenvalue weighted by Gasteiger charge is -2.05. The van der Waals surface area contributed by atoms with Gasteiger partial charge in [-0.1, -0.05) is 0 Å². The summed E-state index contributed by atoms with van der Waals surface area (Å²) in [5.41, 5.74) is 2.44. The largest absolute Gasteiger partial charge is 0.497 e. The Morgan fingerprint density at radius 3 is 2.79 bits per heavy atom. The molecular weight excluding hydrogens is 242 g/mol. The van der Waals surface area contributed by atoms with Crippen molar-refractivity contribution in [2.24, 2.45) is 0 Å². The van der Waals surface area contributed by atoms with E-state index in [4.69, 9.17) is 4.74 Å². The highest BCUT2D eigenvalue weighted by Crippen LogP contribution is 2.23. The van der Waals surface area contributed by atoms with Crippen molar-refractivity contribution in [1.82, 2.24) is 14.2 Å². The molecule has 0 aliphatic heterocycles. The Labute approximate surface area is 110 Å². The van der Waals surface area contributed by atoms with Gasteiger partial charge in [-0.2, -0.15) is 0 Å². The first-order chi connectivity index (χ1) is 9.15. The van der Waals surface area contributed by atoms with Gasteiger partial charge in [0.2, 0.25) is 0 Å². The lowest BCUT2D eigenvalue weighted by Crippen LogP contribution is -2.20. The summed E-state index contributed by atoms with van der Waals surface area (Å²) < 4.78 is 8.36. The molecule has 5 heteroatoms. The molecule has 0 amide bonds. The zero-order valence-corrected chi connectivity index (χ0v) is 11.2. The molecule has 0 N–H and O–H groups in total. The van der Waals surface area contributed by atoms with E-state index >= 15 is 0 Å². The Hall–Kier alpha value is -2.30. The minimum Gasteiger partial charge on any atom is -0.497 e. The first-order valence-electron chi connectivity index (χ1n) is 6.22. The molecule has 98 valence electrons. The monoisotopic (exact) mass is 257 g/mol. The normalized spacial score (nSPS) is 11.3. The molecule has 0 aliphatic rings. The molecule has 0 radical (unpaired) electrons. The standard InChI is InChI=1S/C14H15N3O2/c1-4-16-14(18)17-12-6-5-11(19-3)8-10(12)7-9(2)13(17)15-16/h5-8H,4H2,1-3H3. The fraction of sp³-hybridized carbons (Fsp3) is 0.286. The molecule has 0 saturated heterocycles. The van der Waals surface area contributed by atoms with Crippen LogP contribution in [0.4, 0.5) is 0 Å². The summed E-state index contributed by atoms with van der Waals surface area (Å²) >= 11 is 0. The second-order valence-corrected chi connectivity index (χ2v) is 4.51. The lowest BCUT2D eigenvalue weighted by atomic mass is 10.1. The predicted molar refractivity (Wildman–Crippen MR) is 73.9 cm³/mol. The summed E-state index contributed by atoms with van der Waals surface area (Å²) in [7, 11) is 1.63. The summed E-state index contributed by atoms with van der Waals surface area (Å²) in [5, 5.41) is 5.33. The van der Waals surface area contributed by atoms with Gasteiger partial charge in [0.1, 0.15) is 5.75 Å². The number of nitrogens with zero attached hydrogens (tertiary/aromatic N) is 3. The van der Waals surface area contributed by atoms with Crippen molar-refractivity contribution in [2.75, 3.05) is 7.11 Å². The lowest BCUT2D eigenvalue weighted by molar-refractivity contribution is 0.415. The highest BCUT2D eigenvalue weighted by atomic mass is 16.5. The van der Waals surface area contributed by atoms with Crippen molar-refractivity contribution in [3.05, 3.63) is 40.3 Å². The van der Waals surface area contributed by atoms with Gasteiger partial charge in [0.25, 0.3) is 0 Å². The molecule has 0 spiro atoms. The molecule has 0 fully saturated rings. The zero-order chi connectivity index (χ0) is 13.6. The molecule has 2 aromatic heterocycles. The van der Waals surface area contributed by atoms with E-state index in [1.54, 1.807) is 11.5 Å². The Morgan fingerprint density at radius 2 is 2.11 bits per heavy atom. The third-order valence-corrected chi connectivity index (χ3v) is 3.34. The minimum atomic E-state index is -0.101. The van der Waals surface area contributed by atoms with Crippen LogP contribution in [0.3, 0.4) is 0 Å². The van der Waals surface area contributed by atoms with Crippen LogP contribution in [0.2, 0.25) is 0 Å². The van der Waals surface area contributed by atoms with Gasteiger partial charge in [-0.05, 0) is 43.7 Å². The molecule has 0 unspecified atom stereocenters. The second-order valence-electron chi connectivity index (χ2n) is 4.51. The Kier molecular flexibility index (Phi) is 2.55. The van der Waals surface area contributed by atoms with Crippen molar-refractivity contribution in [3.63, 3.8) is 0 Å². The highest BCUT2D eigenvalue weighted by Gasteiger charge is 2.12. The smallest absolute Gasteiger partial charge is 0.350 e. The molecule has 19 heavy (non-hydrogen) atoms. The van der Waals surface area contributed by atoms with Crippen LogP contribution >= 0.6 is 0 Å². The summed E-state index contributed by atoms with van der Waals surface area (Å²) in [6, 6.07) is 7.70. The summed E-state index contributed by atoms with van der Waals surface area (Å²) in [6.45, 7) is 4.44. The van der Waals surface area contributed by atoms with E-state index in [1.807, 2.05) is 38.1 Å². The van der Waals surface area contributed by atoms with E-state index < -0.39 is 0 Å². The van der Waals surface area contributed by atoms with Gasteiger partial charge < -0.3 is 4.74 Å². The van der Waals surface area contributed by atoms with Gasteiger partial charge in [0.05, 0.1) is 12.6 Å². The predicted octanol–water partition coefficient (Wildman–Crippen LogP) is 1.99. The molecule has 2 heterocycles. The van der Waals surface area contributed by atoms with Gasteiger partial charge >= 0.3 is 5.69 Å². The van der Waals surface area contributed by atoms with E-state index in [1.165, 1.54) is 4.68 Å². The maximum absolute atomic E-state index is 12.3. The van der Waals surface area contributed by atoms with E-state index in [0.29, 0.717) is 12.2 Å². The van der Waals surface area contributed by atoms with Gasteiger partial charge in [-0.15, -0.1) is 5.10 Å². The van der Waals surface area contributed by atoms with Crippen molar-refractivity contribution in [3.8, 4) is 5.75 Å². The average Bonchev–Trinajstić information content (AvgIpc) is 2.76. The quantitative estimate of drug-likeness (QED) is 0.705. The van der Waals surface area contributed by atoms with Gasteiger partial charge in [-0.25, -0.2) is 13.9 Å². The summed E-state index contributed by atoms with van der Waals surface area (Å²) in [5.74, 6) is 0.780. The van der Waals surface area contributed by atoms with Crippen LogP contribution in [0.1, 0.15) is 12.5 Å². The van der Waals surface area contributed by atoms with E-state index in [-0.39, 0.29) is 5.69 Å². The number of rotatable bonds is 2. The van der Waals surface area contributed by atoms with Crippen LogP contribution < -0.4 is 10.4 Å². The van der Waals surface area contributed by atoms with Gasteiger partial charge in [0.15, 0.2) is 5.65 Å². The summed E-state index contributed by atoms with van der Waals surface area (Å²) in [4.78, 5) is 12.3. The third kappa shape index (κ3) is 1.62.